The number of nitrogens with zero attached hydrogens (tertiary/aromatic N) is 1. The van der Waals surface area contributed by atoms with E-state index in [9.17, 15) is 4.79 Å². The van der Waals surface area contributed by atoms with Crippen LogP contribution in [0.15, 0.2) is 53.0 Å². The Morgan fingerprint density at radius 1 is 1.20 bits per heavy atom. The highest BCUT2D eigenvalue weighted by molar-refractivity contribution is 9.10. The third-order valence-corrected chi connectivity index (χ3v) is 4.71. The fourth-order valence-corrected chi connectivity index (χ4v) is 3.17. The van der Waals surface area contributed by atoms with Crippen LogP contribution in [0.25, 0.3) is 0 Å². The molecule has 1 saturated heterocycles. The molecule has 2 aromatic carbocycles. The van der Waals surface area contributed by atoms with Crippen LogP contribution in [0.2, 0.25) is 0 Å². The minimum absolute atomic E-state index is 0. The smallest absolute Gasteiger partial charge is 0.251 e. The van der Waals surface area contributed by atoms with Crippen LogP contribution in [-0.4, -0.2) is 25.5 Å². The minimum Gasteiger partial charge on any atom is -0.399 e. The largest absolute Gasteiger partial charge is 0.399 e. The first kappa shape index (κ1) is 21.6. The fourth-order valence-electron chi connectivity index (χ4n) is 2.90. The maximum absolute atomic E-state index is 12.2. The van der Waals surface area contributed by atoms with Crippen LogP contribution in [0.1, 0.15) is 16.8 Å². The summed E-state index contributed by atoms with van der Waals surface area (Å²) in [6.45, 7) is 2.69. The van der Waals surface area contributed by atoms with Crippen molar-refractivity contribution in [2.45, 2.75) is 6.42 Å². The Hall–Kier alpha value is -1.43. The van der Waals surface area contributed by atoms with Crippen molar-refractivity contribution >= 4 is 58.0 Å². The molecule has 2 aromatic rings. The molecule has 1 atom stereocenters. The van der Waals surface area contributed by atoms with Crippen molar-refractivity contribution in [3.8, 4) is 0 Å². The van der Waals surface area contributed by atoms with E-state index in [1.54, 1.807) is 24.3 Å². The van der Waals surface area contributed by atoms with Gasteiger partial charge in [0.15, 0.2) is 0 Å². The molecule has 0 bridgehead atoms. The lowest BCUT2D eigenvalue weighted by Gasteiger charge is -2.19. The number of benzene rings is 2. The Morgan fingerprint density at radius 3 is 2.60 bits per heavy atom. The Labute approximate surface area is 169 Å². The number of anilines is 2. The zero-order valence-electron chi connectivity index (χ0n) is 13.7. The normalized spacial score (nSPS) is 15.9. The van der Waals surface area contributed by atoms with Gasteiger partial charge in [0, 0.05) is 41.0 Å². The SMILES string of the molecule is Cl.Cl.Nc1cccc(C(=O)NCC2CCN(c3ccc(Br)cc3)C2)c1. The zero-order valence-corrected chi connectivity index (χ0v) is 16.9. The molecule has 1 aliphatic rings. The summed E-state index contributed by atoms with van der Waals surface area (Å²) >= 11 is 3.46. The lowest BCUT2D eigenvalue weighted by molar-refractivity contribution is 0.0948. The van der Waals surface area contributed by atoms with Crippen LogP contribution in [-0.2, 0) is 0 Å². The standard InChI is InChI=1S/C18H20BrN3O.2ClH/c19-15-4-6-17(7-5-15)22-9-8-13(12-22)11-21-18(23)14-2-1-3-16(20)10-14;;/h1-7,10,13H,8-9,11-12,20H2,(H,21,23);2*1H. The third kappa shape index (κ3) is 5.80. The van der Waals surface area contributed by atoms with Crippen molar-refractivity contribution in [1.82, 2.24) is 5.32 Å². The summed E-state index contributed by atoms with van der Waals surface area (Å²) < 4.78 is 1.09. The zero-order chi connectivity index (χ0) is 16.2. The van der Waals surface area contributed by atoms with Crippen LogP contribution < -0.4 is 16.0 Å². The maximum atomic E-state index is 12.2. The van der Waals surface area contributed by atoms with Crippen molar-refractivity contribution in [1.29, 1.82) is 0 Å². The molecule has 1 aliphatic heterocycles. The van der Waals surface area contributed by atoms with Gasteiger partial charge in [-0.25, -0.2) is 0 Å². The highest BCUT2D eigenvalue weighted by Crippen LogP contribution is 2.25. The van der Waals surface area contributed by atoms with E-state index < -0.39 is 0 Å². The molecule has 7 heteroatoms. The monoisotopic (exact) mass is 445 g/mol. The van der Waals surface area contributed by atoms with Crippen LogP contribution in [0.5, 0.6) is 0 Å². The van der Waals surface area contributed by atoms with Crippen molar-refractivity contribution in [3.63, 3.8) is 0 Å². The molecule has 25 heavy (non-hydrogen) atoms. The van der Waals surface area contributed by atoms with E-state index >= 15 is 0 Å². The first-order valence-corrected chi connectivity index (χ1v) is 8.55. The molecule has 0 aromatic heterocycles. The highest BCUT2D eigenvalue weighted by Gasteiger charge is 2.23. The molecular weight excluding hydrogens is 425 g/mol. The number of rotatable bonds is 4. The fraction of sp³-hybridized carbons (Fsp3) is 0.278. The second kappa shape index (κ2) is 9.90. The first-order valence-electron chi connectivity index (χ1n) is 7.76. The summed E-state index contributed by atoms with van der Waals surface area (Å²) in [5, 5.41) is 3.02. The molecule has 1 heterocycles. The van der Waals surface area contributed by atoms with E-state index in [1.165, 1.54) is 5.69 Å². The predicted molar refractivity (Wildman–Crippen MR) is 112 cm³/mol. The molecule has 0 spiro atoms. The van der Waals surface area contributed by atoms with Crippen molar-refractivity contribution in [2.24, 2.45) is 5.92 Å². The van der Waals surface area contributed by atoms with Gasteiger partial charge in [-0.05, 0) is 54.8 Å². The van der Waals surface area contributed by atoms with Crippen LogP contribution in [0, 0.1) is 5.92 Å². The van der Waals surface area contributed by atoms with Gasteiger partial charge >= 0.3 is 0 Å². The Bertz CT molecular complexity index is 697. The van der Waals surface area contributed by atoms with E-state index in [4.69, 9.17) is 5.73 Å². The number of nitrogens with one attached hydrogen (secondary N) is 1. The number of hydrogen-bond donors (Lipinski definition) is 2. The van der Waals surface area contributed by atoms with Crippen LogP contribution in [0.4, 0.5) is 11.4 Å². The van der Waals surface area contributed by atoms with Crippen molar-refractivity contribution in [3.05, 3.63) is 58.6 Å². The average molecular weight is 447 g/mol. The molecule has 0 saturated carbocycles. The van der Waals surface area contributed by atoms with Gasteiger partial charge in [0.25, 0.3) is 5.91 Å². The molecule has 3 N–H and O–H groups in total. The topological polar surface area (TPSA) is 58.4 Å². The average Bonchev–Trinajstić information content (AvgIpc) is 3.02. The van der Waals surface area contributed by atoms with Gasteiger partial charge in [-0.15, -0.1) is 24.8 Å². The summed E-state index contributed by atoms with van der Waals surface area (Å²) in [4.78, 5) is 14.5. The summed E-state index contributed by atoms with van der Waals surface area (Å²) in [7, 11) is 0. The van der Waals surface area contributed by atoms with Crippen molar-refractivity contribution < 1.29 is 4.79 Å². The quantitative estimate of drug-likeness (QED) is 0.694. The first-order chi connectivity index (χ1) is 11.1. The number of nitrogens with two attached hydrogens (primary N) is 1. The number of hydrogen-bond acceptors (Lipinski definition) is 3. The molecule has 0 aliphatic carbocycles. The number of carbonyl (C=O) groups excluding carboxylic acids is 1. The van der Waals surface area contributed by atoms with E-state index in [2.05, 4.69) is 50.4 Å². The third-order valence-electron chi connectivity index (χ3n) is 4.18. The Balaban J connectivity index is 0.00000156. The number of amides is 1. The summed E-state index contributed by atoms with van der Waals surface area (Å²) in [5.74, 6) is 0.419. The number of halogens is 3. The van der Waals surface area contributed by atoms with Gasteiger partial charge in [0.05, 0.1) is 0 Å². The Morgan fingerprint density at radius 2 is 1.92 bits per heavy atom. The second-order valence-corrected chi connectivity index (χ2v) is 6.83. The van der Waals surface area contributed by atoms with E-state index in [0.717, 1.165) is 24.0 Å². The van der Waals surface area contributed by atoms with E-state index in [0.29, 0.717) is 23.7 Å². The lowest BCUT2D eigenvalue weighted by Crippen LogP contribution is -2.31. The van der Waals surface area contributed by atoms with Gasteiger partial charge in [0.1, 0.15) is 0 Å². The van der Waals surface area contributed by atoms with E-state index in [-0.39, 0.29) is 30.7 Å². The number of carbonyl (C=O) groups is 1. The van der Waals surface area contributed by atoms with Gasteiger partial charge in [-0.3, -0.25) is 4.79 Å². The van der Waals surface area contributed by atoms with Gasteiger partial charge in [-0.1, -0.05) is 22.0 Å². The van der Waals surface area contributed by atoms with Gasteiger partial charge < -0.3 is 16.0 Å². The molecule has 1 unspecified atom stereocenters. The molecule has 3 rings (SSSR count). The van der Waals surface area contributed by atoms with E-state index in [1.807, 2.05) is 0 Å². The molecule has 1 amide bonds. The maximum Gasteiger partial charge on any atom is 0.251 e. The van der Waals surface area contributed by atoms with Crippen LogP contribution >= 0.6 is 40.7 Å². The molecule has 136 valence electrons. The molecule has 0 radical (unpaired) electrons. The minimum atomic E-state index is -0.0561. The van der Waals surface area contributed by atoms with Gasteiger partial charge in [0.2, 0.25) is 0 Å². The number of nitrogen functional groups attached to an aromatic ring is 1. The van der Waals surface area contributed by atoms with Gasteiger partial charge in [-0.2, -0.15) is 0 Å². The Kier molecular flexibility index (Phi) is 8.56. The molecular formula is C18H22BrCl2N3O. The summed E-state index contributed by atoms with van der Waals surface area (Å²) in [6, 6.07) is 15.4. The molecule has 1 fully saturated rings. The van der Waals surface area contributed by atoms with Crippen molar-refractivity contribution in [2.75, 3.05) is 30.3 Å². The summed E-state index contributed by atoms with van der Waals surface area (Å²) in [5.41, 5.74) is 8.18. The second-order valence-electron chi connectivity index (χ2n) is 5.91. The predicted octanol–water partition coefficient (Wildman–Crippen LogP) is 4.13. The lowest BCUT2D eigenvalue weighted by atomic mass is 10.1. The molecule has 4 nitrogen and oxygen atoms in total. The highest BCUT2D eigenvalue weighted by atomic mass is 79.9. The van der Waals surface area contributed by atoms with Crippen LogP contribution in [0.3, 0.4) is 0 Å². The summed E-state index contributed by atoms with van der Waals surface area (Å²) in [6.07, 6.45) is 1.09.